The molecule has 0 aromatic carbocycles. The summed E-state index contributed by atoms with van der Waals surface area (Å²) in [5.74, 6) is -0.0490. The molecule has 118 valence electrons. The number of aryl methyl sites for hydroxylation is 1. The molecule has 0 aliphatic heterocycles. The zero-order valence-corrected chi connectivity index (χ0v) is 14.2. The third-order valence-electron chi connectivity index (χ3n) is 3.08. The lowest BCUT2D eigenvalue weighted by atomic mass is 10.4. The fourth-order valence-electron chi connectivity index (χ4n) is 2.04. The van der Waals surface area contributed by atoms with Crippen LogP contribution in [0.15, 0.2) is 34.1 Å². The predicted octanol–water partition coefficient (Wildman–Crippen LogP) is 1.58. The van der Waals surface area contributed by atoms with Crippen LogP contribution in [0.5, 0.6) is 0 Å². The lowest BCUT2D eigenvalue weighted by Crippen LogP contribution is -2.28. The van der Waals surface area contributed by atoms with Crippen LogP contribution in [0.1, 0.15) is 0 Å². The van der Waals surface area contributed by atoms with Gasteiger partial charge in [0.15, 0.2) is 5.65 Å². The van der Waals surface area contributed by atoms with Crippen molar-refractivity contribution < 1.29 is 4.79 Å². The van der Waals surface area contributed by atoms with E-state index in [2.05, 4.69) is 36.3 Å². The van der Waals surface area contributed by atoms with Crippen molar-refractivity contribution in [2.45, 2.75) is 6.54 Å². The number of carbonyl (C=O) groups is 1. The summed E-state index contributed by atoms with van der Waals surface area (Å²) in [7, 11) is 1.68. The Morgan fingerprint density at radius 1 is 1.39 bits per heavy atom. The molecule has 0 fully saturated rings. The van der Waals surface area contributed by atoms with Crippen LogP contribution in [0.4, 0.5) is 5.82 Å². The van der Waals surface area contributed by atoms with Crippen LogP contribution in [0, 0.1) is 0 Å². The van der Waals surface area contributed by atoms with Gasteiger partial charge in [-0.25, -0.2) is 14.6 Å². The maximum atomic E-state index is 12.4. The Labute approximate surface area is 143 Å². The van der Waals surface area contributed by atoms with Crippen molar-refractivity contribution in [2.75, 3.05) is 5.32 Å². The highest BCUT2D eigenvalue weighted by atomic mass is 79.9. The minimum Gasteiger partial charge on any atom is -0.309 e. The first-order chi connectivity index (χ1) is 11.0. The average molecular weight is 398 g/mol. The Morgan fingerprint density at radius 3 is 2.87 bits per heavy atom. The van der Waals surface area contributed by atoms with Crippen LogP contribution in [-0.2, 0) is 18.4 Å². The second-order valence-corrected chi connectivity index (χ2v) is 5.89. The molecule has 23 heavy (non-hydrogen) atoms. The number of hydrogen-bond donors (Lipinski definition) is 1. The van der Waals surface area contributed by atoms with E-state index in [4.69, 9.17) is 11.6 Å². The first-order valence-electron chi connectivity index (χ1n) is 6.45. The summed E-state index contributed by atoms with van der Waals surface area (Å²) in [6.07, 6.45) is 2.73. The number of halogens is 2. The van der Waals surface area contributed by atoms with E-state index < -0.39 is 5.91 Å². The van der Waals surface area contributed by atoms with E-state index in [1.807, 2.05) is 0 Å². The van der Waals surface area contributed by atoms with Gasteiger partial charge in [0.2, 0.25) is 5.91 Å². The van der Waals surface area contributed by atoms with Gasteiger partial charge in [-0.2, -0.15) is 5.10 Å². The highest BCUT2D eigenvalue weighted by molar-refractivity contribution is 9.10. The Hall–Kier alpha value is -2.26. The summed E-state index contributed by atoms with van der Waals surface area (Å²) >= 11 is 8.95. The normalized spacial score (nSPS) is 10.9. The summed E-state index contributed by atoms with van der Waals surface area (Å²) in [6.45, 7) is -0.187. The highest BCUT2D eigenvalue weighted by Crippen LogP contribution is 2.16. The molecule has 0 spiro atoms. The SMILES string of the molecule is Cn1nc(Br)c2c(=O)n(CC(=O)Nc3ccc(Cl)cn3)cnc21. The van der Waals surface area contributed by atoms with Gasteiger partial charge in [-0.05, 0) is 28.1 Å². The first-order valence-corrected chi connectivity index (χ1v) is 7.62. The number of rotatable bonds is 3. The molecule has 0 bridgehead atoms. The predicted molar refractivity (Wildman–Crippen MR) is 88.3 cm³/mol. The third kappa shape index (κ3) is 3.10. The molecule has 0 atom stereocenters. The number of fused-ring (bicyclic) bond motifs is 1. The number of anilines is 1. The van der Waals surface area contributed by atoms with Crippen LogP contribution in [0.3, 0.4) is 0 Å². The van der Waals surface area contributed by atoms with Crippen molar-refractivity contribution in [2.24, 2.45) is 7.05 Å². The third-order valence-corrected chi connectivity index (χ3v) is 3.86. The van der Waals surface area contributed by atoms with Crippen LogP contribution in [-0.4, -0.2) is 30.2 Å². The standard InChI is InChI=1S/C13H10BrClN6O2/c1-20-12-10(11(14)19-20)13(23)21(6-17-12)5-9(22)18-8-3-2-7(15)4-16-8/h2-4,6H,5H2,1H3,(H,16,18,22). The van der Waals surface area contributed by atoms with Gasteiger partial charge in [-0.15, -0.1) is 0 Å². The van der Waals surface area contributed by atoms with E-state index in [1.165, 1.54) is 21.8 Å². The Bertz CT molecular complexity index is 949. The van der Waals surface area contributed by atoms with Crippen LogP contribution >= 0.6 is 27.5 Å². The molecule has 1 amide bonds. The molecule has 3 rings (SSSR count). The van der Waals surface area contributed by atoms with Gasteiger partial charge < -0.3 is 5.32 Å². The molecule has 8 nitrogen and oxygen atoms in total. The van der Waals surface area contributed by atoms with E-state index in [-0.39, 0.29) is 12.1 Å². The molecule has 0 saturated carbocycles. The molecule has 10 heteroatoms. The second-order valence-electron chi connectivity index (χ2n) is 4.70. The van der Waals surface area contributed by atoms with Crippen molar-refractivity contribution in [1.29, 1.82) is 0 Å². The fraction of sp³-hybridized carbons (Fsp3) is 0.154. The minimum atomic E-state index is -0.400. The Morgan fingerprint density at radius 2 is 2.17 bits per heavy atom. The van der Waals surface area contributed by atoms with Gasteiger partial charge in [0.25, 0.3) is 5.56 Å². The van der Waals surface area contributed by atoms with E-state index in [0.29, 0.717) is 26.5 Å². The monoisotopic (exact) mass is 396 g/mol. The lowest BCUT2D eigenvalue weighted by molar-refractivity contribution is -0.116. The van der Waals surface area contributed by atoms with Gasteiger partial charge in [-0.1, -0.05) is 11.6 Å². The lowest BCUT2D eigenvalue weighted by Gasteiger charge is -2.06. The number of amides is 1. The number of aromatic nitrogens is 5. The topological polar surface area (TPSA) is 94.7 Å². The molecular formula is C13H10BrClN6O2. The molecule has 3 heterocycles. The fourth-order valence-corrected chi connectivity index (χ4v) is 2.73. The maximum Gasteiger partial charge on any atom is 0.266 e. The van der Waals surface area contributed by atoms with E-state index >= 15 is 0 Å². The van der Waals surface area contributed by atoms with Crippen LogP contribution in [0.2, 0.25) is 5.02 Å². The van der Waals surface area contributed by atoms with Crippen molar-refractivity contribution >= 4 is 50.3 Å². The number of carbonyl (C=O) groups excluding carboxylic acids is 1. The number of hydrogen-bond acceptors (Lipinski definition) is 5. The quantitative estimate of drug-likeness (QED) is 0.724. The van der Waals surface area contributed by atoms with Gasteiger partial charge in [0.1, 0.15) is 28.7 Å². The molecule has 3 aromatic heterocycles. The van der Waals surface area contributed by atoms with Crippen LogP contribution < -0.4 is 10.9 Å². The highest BCUT2D eigenvalue weighted by Gasteiger charge is 2.15. The summed E-state index contributed by atoms with van der Waals surface area (Å²) in [4.78, 5) is 32.6. The average Bonchev–Trinajstić information content (AvgIpc) is 2.79. The van der Waals surface area contributed by atoms with Gasteiger partial charge in [0, 0.05) is 13.2 Å². The largest absolute Gasteiger partial charge is 0.309 e. The van der Waals surface area contributed by atoms with E-state index in [1.54, 1.807) is 19.2 Å². The Balaban J connectivity index is 1.85. The van der Waals surface area contributed by atoms with Crippen molar-refractivity contribution in [3.63, 3.8) is 0 Å². The smallest absolute Gasteiger partial charge is 0.266 e. The number of pyridine rings is 1. The second kappa shape index (κ2) is 6.09. The minimum absolute atomic E-state index is 0.187. The number of nitrogens with zero attached hydrogens (tertiary/aromatic N) is 5. The zero-order valence-electron chi connectivity index (χ0n) is 11.8. The number of nitrogens with one attached hydrogen (secondary N) is 1. The van der Waals surface area contributed by atoms with E-state index in [0.717, 1.165) is 0 Å². The molecule has 1 N–H and O–H groups in total. The van der Waals surface area contributed by atoms with E-state index in [9.17, 15) is 9.59 Å². The Kier molecular flexibility index (Phi) is 4.14. The summed E-state index contributed by atoms with van der Waals surface area (Å²) in [5, 5.41) is 7.46. The van der Waals surface area contributed by atoms with Crippen molar-refractivity contribution in [3.05, 3.63) is 44.6 Å². The molecule has 0 aliphatic carbocycles. The van der Waals surface area contributed by atoms with Crippen molar-refractivity contribution in [1.82, 2.24) is 24.3 Å². The first kappa shape index (κ1) is 15.6. The summed E-state index contributed by atoms with van der Waals surface area (Å²) in [5.41, 5.74) is 0.0899. The van der Waals surface area contributed by atoms with Crippen molar-refractivity contribution in [3.8, 4) is 0 Å². The molecule has 0 radical (unpaired) electrons. The molecule has 0 aliphatic rings. The van der Waals surface area contributed by atoms with Gasteiger partial charge >= 0.3 is 0 Å². The summed E-state index contributed by atoms with van der Waals surface area (Å²) in [6, 6.07) is 3.18. The van der Waals surface area contributed by atoms with Gasteiger partial charge in [0.05, 0.1) is 5.02 Å². The molecule has 3 aromatic rings. The maximum absolute atomic E-state index is 12.4. The zero-order chi connectivity index (χ0) is 16.6. The van der Waals surface area contributed by atoms with Gasteiger partial charge in [-0.3, -0.25) is 14.2 Å². The molecule has 0 saturated heterocycles. The summed E-state index contributed by atoms with van der Waals surface area (Å²) < 4.78 is 3.09. The molecular weight excluding hydrogens is 388 g/mol. The molecule has 0 unspecified atom stereocenters. The van der Waals surface area contributed by atoms with Crippen LogP contribution in [0.25, 0.3) is 11.0 Å².